The molecule has 178 valence electrons. The first kappa shape index (κ1) is 23.2. The molecule has 2 aliphatic heterocycles. The molecule has 0 unspecified atom stereocenters. The third kappa shape index (κ3) is 6.29. The lowest BCUT2D eigenvalue weighted by Crippen LogP contribution is -2.39. The fourth-order valence-electron chi connectivity index (χ4n) is 4.13. The fraction of sp³-hybridized carbons (Fsp3) is 0.500. The number of nitrogen functional groups attached to an aromatic ring is 1. The highest BCUT2D eigenvalue weighted by atomic mass is 16.7. The maximum Gasteiger partial charge on any atom is 0.320 e. The van der Waals surface area contributed by atoms with E-state index in [1.54, 1.807) is 0 Å². The summed E-state index contributed by atoms with van der Waals surface area (Å²) in [6, 6.07) is 8.32. The van der Waals surface area contributed by atoms with Crippen LogP contribution in [0.15, 0.2) is 24.3 Å². The number of carbonyl (C=O) groups is 1. The van der Waals surface area contributed by atoms with Crippen LogP contribution in [0.4, 0.5) is 17.3 Å². The van der Waals surface area contributed by atoms with Crippen LogP contribution in [0.25, 0.3) is 0 Å². The molecule has 0 aliphatic carbocycles. The molecule has 33 heavy (non-hydrogen) atoms. The van der Waals surface area contributed by atoms with Crippen molar-refractivity contribution in [1.29, 1.82) is 0 Å². The second kappa shape index (κ2) is 9.87. The van der Waals surface area contributed by atoms with Crippen LogP contribution in [-0.2, 0) is 17.9 Å². The maximum atomic E-state index is 12.3. The normalized spacial score (nSPS) is 16.6. The van der Waals surface area contributed by atoms with Gasteiger partial charge in [0.15, 0.2) is 11.6 Å². The van der Waals surface area contributed by atoms with E-state index in [-0.39, 0.29) is 43.7 Å². The first-order valence-electron chi connectivity index (χ1n) is 11.1. The monoisotopic (exact) mass is 458 g/mol. The van der Waals surface area contributed by atoms with E-state index in [4.69, 9.17) is 25.8 Å². The molecule has 0 atom stereocenters. The summed E-state index contributed by atoms with van der Waals surface area (Å²) in [6.07, 6.45) is 2.36. The van der Waals surface area contributed by atoms with Gasteiger partial charge in [-0.25, -0.2) is 0 Å². The molecule has 11 heteroatoms. The van der Waals surface area contributed by atoms with Crippen molar-refractivity contribution in [3.05, 3.63) is 35.4 Å². The van der Waals surface area contributed by atoms with Gasteiger partial charge in [0, 0.05) is 19.5 Å². The second-order valence-corrected chi connectivity index (χ2v) is 8.52. The van der Waals surface area contributed by atoms with E-state index in [2.05, 4.69) is 32.3 Å². The Morgan fingerprint density at radius 2 is 1.85 bits per heavy atom. The number of carbonyl (C=O) groups excluding carboxylic acids is 1. The van der Waals surface area contributed by atoms with Gasteiger partial charge >= 0.3 is 6.01 Å². The Balaban J connectivity index is 1.48. The summed E-state index contributed by atoms with van der Waals surface area (Å²) in [5.41, 5.74) is 8.68. The lowest BCUT2D eigenvalue weighted by Gasteiger charge is -2.30. The molecule has 2 aromatic rings. The van der Waals surface area contributed by atoms with Crippen LogP contribution in [0.2, 0.25) is 0 Å². The lowest BCUT2D eigenvalue weighted by molar-refractivity contribution is -0.315. The highest BCUT2D eigenvalue weighted by Crippen LogP contribution is 2.34. The Hall–Kier alpha value is -2.99. The number of nitrogens with zero attached hydrogens (tertiary/aromatic N) is 4. The first-order valence-corrected chi connectivity index (χ1v) is 11.1. The number of aromatic nitrogens is 2. The van der Waals surface area contributed by atoms with Crippen LogP contribution in [0.3, 0.4) is 0 Å². The quantitative estimate of drug-likeness (QED) is 0.263. The van der Waals surface area contributed by atoms with E-state index in [0.717, 1.165) is 25.2 Å². The minimum atomic E-state index is -2.75. The molecule has 2 aliphatic rings. The van der Waals surface area contributed by atoms with Gasteiger partial charge < -0.3 is 36.0 Å². The van der Waals surface area contributed by atoms with Crippen molar-refractivity contribution in [2.45, 2.75) is 44.7 Å². The predicted molar refractivity (Wildman–Crippen MR) is 121 cm³/mol. The molecule has 1 saturated heterocycles. The number of benzene rings is 1. The molecular formula is C22H30N6O5. The lowest BCUT2D eigenvalue weighted by atomic mass is 10.1. The molecule has 0 spiro atoms. The molecule has 11 nitrogen and oxygen atoms in total. The summed E-state index contributed by atoms with van der Waals surface area (Å²) in [6.45, 7) is 3.78. The van der Waals surface area contributed by atoms with Crippen molar-refractivity contribution in [3.63, 3.8) is 0 Å². The SMILES string of the molecule is Nc1nc(OCCCC(O)(O)O)nc2c1NC(=O)CN2Cc1cccc(CN2CCCC2)c1. The molecule has 1 amide bonds. The number of amides is 1. The van der Waals surface area contributed by atoms with Gasteiger partial charge in [-0.1, -0.05) is 24.3 Å². The third-order valence-corrected chi connectivity index (χ3v) is 5.65. The molecule has 0 saturated carbocycles. The maximum absolute atomic E-state index is 12.3. The number of nitrogens with two attached hydrogens (primary N) is 1. The molecule has 0 bridgehead atoms. The number of anilines is 3. The topological polar surface area (TPSA) is 157 Å². The molecule has 4 rings (SSSR count). The average molecular weight is 459 g/mol. The van der Waals surface area contributed by atoms with Gasteiger partial charge in [-0.05, 0) is 43.5 Å². The van der Waals surface area contributed by atoms with Crippen LogP contribution in [0, 0.1) is 0 Å². The Bertz CT molecular complexity index is 990. The van der Waals surface area contributed by atoms with Crippen molar-refractivity contribution in [2.24, 2.45) is 0 Å². The third-order valence-electron chi connectivity index (χ3n) is 5.65. The number of hydrogen-bond acceptors (Lipinski definition) is 10. The van der Waals surface area contributed by atoms with Crippen LogP contribution >= 0.6 is 0 Å². The standard InChI is InChI=1S/C22H30N6O5/c23-19-18-20(26-21(25-19)33-10-4-7-22(30,31)32)28(14-17(29)24-18)13-16-6-3-5-15(11-16)12-27-8-1-2-9-27/h3,5-6,11,30-32H,1-2,4,7-10,12-14H2,(H,24,29)(H2,23,25,26). The van der Waals surface area contributed by atoms with Gasteiger partial charge in [-0.3, -0.25) is 9.69 Å². The number of ether oxygens (including phenoxy) is 1. The molecule has 3 heterocycles. The molecule has 1 aromatic heterocycles. The summed E-state index contributed by atoms with van der Waals surface area (Å²) >= 11 is 0. The van der Waals surface area contributed by atoms with Gasteiger partial charge in [-0.2, -0.15) is 9.97 Å². The van der Waals surface area contributed by atoms with E-state index in [1.165, 1.54) is 18.4 Å². The van der Waals surface area contributed by atoms with Crippen LogP contribution in [0.5, 0.6) is 6.01 Å². The van der Waals surface area contributed by atoms with Gasteiger partial charge in [0.25, 0.3) is 5.97 Å². The van der Waals surface area contributed by atoms with Crippen molar-refractivity contribution < 1.29 is 24.9 Å². The zero-order chi connectivity index (χ0) is 23.4. The number of nitrogens with one attached hydrogen (secondary N) is 1. The Labute approximate surface area is 191 Å². The number of likely N-dealkylation sites (tertiary alicyclic amines) is 1. The van der Waals surface area contributed by atoms with E-state index in [9.17, 15) is 4.79 Å². The van der Waals surface area contributed by atoms with Gasteiger partial charge in [0.05, 0.1) is 13.2 Å². The second-order valence-electron chi connectivity index (χ2n) is 8.52. The number of fused-ring (bicyclic) bond motifs is 1. The highest BCUT2D eigenvalue weighted by Gasteiger charge is 2.28. The van der Waals surface area contributed by atoms with Gasteiger partial charge in [0.2, 0.25) is 5.91 Å². The van der Waals surface area contributed by atoms with Crippen molar-refractivity contribution in [3.8, 4) is 6.01 Å². The average Bonchev–Trinajstić information content (AvgIpc) is 3.25. The summed E-state index contributed by atoms with van der Waals surface area (Å²) < 4.78 is 5.49. The smallest absolute Gasteiger partial charge is 0.320 e. The molecule has 6 N–H and O–H groups in total. The minimum absolute atomic E-state index is 0.00889. The molecule has 1 fully saturated rings. The summed E-state index contributed by atoms with van der Waals surface area (Å²) in [4.78, 5) is 25.1. The minimum Gasteiger partial charge on any atom is -0.463 e. The fourth-order valence-corrected chi connectivity index (χ4v) is 4.13. The van der Waals surface area contributed by atoms with Crippen LogP contribution in [-0.4, -0.2) is 68.3 Å². The molecule has 0 radical (unpaired) electrons. The van der Waals surface area contributed by atoms with Crippen LogP contribution < -0.4 is 20.7 Å². The van der Waals surface area contributed by atoms with Crippen molar-refractivity contribution in [1.82, 2.24) is 14.9 Å². The predicted octanol–water partition coefficient (Wildman–Crippen LogP) is 0.403. The number of hydrogen-bond donors (Lipinski definition) is 5. The number of rotatable bonds is 9. The largest absolute Gasteiger partial charge is 0.463 e. The zero-order valence-corrected chi connectivity index (χ0v) is 18.4. The Kier molecular flexibility index (Phi) is 6.94. The summed E-state index contributed by atoms with van der Waals surface area (Å²) in [5, 5.41) is 29.6. The highest BCUT2D eigenvalue weighted by molar-refractivity contribution is 6.03. The zero-order valence-electron chi connectivity index (χ0n) is 18.4. The Morgan fingerprint density at radius 3 is 2.58 bits per heavy atom. The van der Waals surface area contributed by atoms with Crippen molar-refractivity contribution >= 4 is 23.2 Å². The molecular weight excluding hydrogens is 428 g/mol. The summed E-state index contributed by atoms with van der Waals surface area (Å²) in [5.74, 6) is -2.41. The summed E-state index contributed by atoms with van der Waals surface area (Å²) in [7, 11) is 0. The Morgan fingerprint density at radius 1 is 1.12 bits per heavy atom. The van der Waals surface area contributed by atoms with Crippen LogP contribution in [0.1, 0.15) is 36.8 Å². The molecule has 1 aromatic carbocycles. The van der Waals surface area contributed by atoms with Gasteiger partial charge in [-0.15, -0.1) is 0 Å². The van der Waals surface area contributed by atoms with E-state index < -0.39 is 5.97 Å². The van der Waals surface area contributed by atoms with Gasteiger partial charge in [0.1, 0.15) is 5.69 Å². The first-order chi connectivity index (χ1) is 15.8. The van der Waals surface area contributed by atoms with E-state index in [0.29, 0.717) is 18.1 Å². The van der Waals surface area contributed by atoms with E-state index in [1.807, 2.05) is 17.0 Å². The van der Waals surface area contributed by atoms with Crippen molar-refractivity contribution in [2.75, 3.05) is 42.2 Å². The number of aliphatic hydroxyl groups is 3. The van der Waals surface area contributed by atoms with E-state index >= 15 is 0 Å².